The van der Waals surface area contributed by atoms with Crippen LogP contribution in [0.25, 0.3) is 0 Å². The number of ether oxygens (including phenoxy) is 1. The van der Waals surface area contributed by atoms with E-state index in [-0.39, 0.29) is 25.0 Å². The molecule has 0 saturated carbocycles. The molecule has 2 aromatic carbocycles. The number of carbonyl (C=O) groups excluding carboxylic acids is 2. The highest BCUT2D eigenvalue weighted by atomic mass is 35.5. The molecule has 10 heteroatoms. The van der Waals surface area contributed by atoms with Gasteiger partial charge >= 0.3 is 6.09 Å². The van der Waals surface area contributed by atoms with Crippen LogP contribution in [-0.2, 0) is 16.0 Å². The molecule has 2 aliphatic heterocycles. The van der Waals surface area contributed by atoms with Gasteiger partial charge in [-0.15, -0.1) is 0 Å². The number of amides is 2. The minimum atomic E-state index is -0.703. The van der Waals surface area contributed by atoms with Crippen LogP contribution in [0, 0.1) is 5.92 Å². The Morgan fingerprint density at radius 1 is 1.00 bits per heavy atom. The minimum absolute atomic E-state index is 0.114. The first-order valence-corrected chi connectivity index (χ1v) is 13.7. The third kappa shape index (κ3) is 6.63. The van der Waals surface area contributed by atoms with E-state index in [1.165, 1.54) is 4.90 Å². The lowest BCUT2D eigenvalue weighted by Gasteiger charge is -2.40. The van der Waals surface area contributed by atoms with Crippen LogP contribution in [0.5, 0.6) is 0 Å². The second kappa shape index (κ2) is 12.1. The van der Waals surface area contributed by atoms with Crippen LogP contribution in [0.15, 0.2) is 36.4 Å². The monoisotopic (exact) mass is 566 g/mol. The van der Waals surface area contributed by atoms with Crippen molar-refractivity contribution in [2.75, 3.05) is 44.2 Å². The van der Waals surface area contributed by atoms with Gasteiger partial charge in [-0.25, -0.2) is 4.79 Å². The molecule has 0 aliphatic carbocycles. The highest BCUT2D eigenvalue weighted by molar-refractivity contribution is 6.35. The minimum Gasteiger partial charge on any atom is -0.448 e. The fourth-order valence-corrected chi connectivity index (χ4v) is 5.70. The maximum Gasteiger partial charge on any atom is 0.410 e. The topological polar surface area (TPSA) is 79.1 Å². The van der Waals surface area contributed by atoms with Gasteiger partial charge in [-0.3, -0.25) is 9.69 Å². The normalized spacial score (nSPS) is 17.8. The van der Waals surface area contributed by atoms with Crippen LogP contribution in [0.3, 0.4) is 0 Å². The van der Waals surface area contributed by atoms with Gasteiger partial charge in [0.25, 0.3) is 0 Å². The average molecular weight is 568 g/mol. The third-order valence-electron chi connectivity index (χ3n) is 6.93. The Labute approximate surface area is 233 Å². The predicted molar refractivity (Wildman–Crippen MR) is 149 cm³/mol. The summed E-state index contributed by atoms with van der Waals surface area (Å²) in [6.07, 6.45) is 0.661. The number of nitrogens with two attached hydrogens (primary N) is 1. The molecular formula is C27H33Cl3N4O3. The number of hydrogen-bond acceptors (Lipinski definition) is 5. The molecule has 2 aliphatic rings. The number of hydrogen-bond donors (Lipinski definition) is 1. The Morgan fingerprint density at radius 3 is 2.30 bits per heavy atom. The van der Waals surface area contributed by atoms with Crippen LogP contribution in [0.4, 0.5) is 10.5 Å². The predicted octanol–water partition coefficient (Wildman–Crippen LogP) is 5.40. The van der Waals surface area contributed by atoms with Gasteiger partial charge < -0.3 is 20.3 Å². The molecule has 37 heavy (non-hydrogen) atoms. The molecule has 0 bridgehead atoms. The number of cyclic esters (lactones) is 1. The van der Waals surface area contributed by atoms with E-state index in [1.54, 1.807) is 18.2 Å². The van der Waals surface area contributed by atoms with Gasteiger partial charge in [-0.2, -0.15) is 0 Å². The van der Waals surface area contributed by atoms with E-state index in [4.69, 9.17) is 45.3 Å². The molecule has 0 spiro atoms. The summed E-state index contributed by atoms with van der Waals surface area (Å²) >= 11 is 18.8. The summed E-state index contributed by atoms with van der Waals surface area (Å²) in [5.74, 6) is 0.344. The van der Waals surface area contributed by atoms with Gasteiger partial charge in [0.2, 0.25) is 5.91 Å². The Hall–Kier alpha value is -2.19. The molecule has 200 valence electrons. The Bertz CT molecular complexity index is 1140. The number of anilines is 1. The summed E-state index contributed by atoms with van der Waals surface area (Å²) in [7, 11) is 0. The summed E-state index contributed by atoms with van der Waals surface area (Å²) in [5, 5.41) is 1.65. The summed E-state index contributed by atoms with van der Waals surface area (Å²) in [6.45, 7) is 7.27. The van der Waals surface area contributed by atoms with Gasteiger partial charge in [0.15, 0.2) is 0 Å². The smallest absolute Gasteiger partial charge is 0.410 e. The molecule has 2 atom stereocenters. The van der Waals surface area contributed by atoms with Crippen LogP contribution in [0.2, 0.25) is 15.1 Å². The summed E-state index contributed by atoms with van der Waals surface area (Å²) in [4.78, 5) is 31.7. The molecule has 4 rings (SSSR count). The molecule has 7 nitrogen and oxygen atoms in total. The average Bonchev–Trinajstić information content (AvgIpc) is 3.28. The van der Waals surface area contributed by atoms with E-state index < -0.39 is 12.1 Å². The molecule has 2 unspecified atom stereocenters. The number of piperazine rings is 1. The summed E-state index contributed by atoms with van der Waals surface area (Å²) in [5.41, 5.74) is 9.38. The fraction of sp³-hybridized carbons (Fsp3) is 0.481. The molecule has 2 saturated heterocycles. The number of halogens is 3. The molecule has 2 N–H and O–H groups in total. The first-order chi connectivity index (χ1) is 17.6. The van der Waals surface area contributed by atoms with Crippen molar-refractivity contribution in [1.29, 1.82) is 0 Å². The lowest BCUT2D eigenvalue weighted by Crippen LogP contribution is -2.56. The van der Waals surface area contributed by atoms with Crippen molar-refractivity contribution in [2.45, 2.75) is 38.8 Å². The van der Waals surface area contributed by atoms with E-state index in [1.807, 2.05) is 23.1 Å². The van der Waals surface area contributed by atoms with Crippen molar-refractivity contribution in [1.82, 2.24) is 9.80 Å². The van der Waals surface area contributed by atoms with Crippen molar-refractivity contribution >= 4 is 52.5 Å². The lowest BCUT2D eigenvalue weighted by atomic mass is 9.95. The molecule has 2 aromatic rings. The maximum atomic E-state index is 13.7. The van der Waals surface area contributed by atoms with Crippen molar-refractivity contribution in [3.8, 4) is 0 Å². The summed E-state index contributed by atoms with van der Waals surface area (Å²) in [6, 6.07) is 10.2. The van der Waals surface area contributed by atoms with E-state index >= 15 is 0 Å². The van der Waals surface area contributed by atoms with Crippen LogP contribution in [0.1, 0.15) is 37.4 Å². The molecule has 0 aromatic heterocycles. The van der Waals surface area contributed by atoms with Crippen molar-refractivity contribution in [3.63, 3.8) is 0 Å². The zero-order valence-corrected chi connectivity index (χ0v) is 23.4. The Morgan fingerprint density at radius 2 is 1.68 bits per heavy atom. The van der Waals surface area contributed by atoms with Crippen molar-refractivity contribution in [3.05, 3.63) is 62.6 Å². The van der Waals surface area contributed by atoms with Gasteiger partial charge in [-0.1, -0.05) is 54.7 Å². The largest absolute Gasteiger partial charge is 0.448 e. The third-order valence-corrected chi connectivity index (χ3v) is 7.75. The van der Waals surface area contributed by atoms with E-state index in [0.717, 1.165) is 23.2 Å². The highest BCUT2D eigenvalue weighted by Crippen LogP contribution is 2.32. The first kappa shape index (κ1) is 27.8. The van der Waals surface area contributed by atoms with Gasteiger partial charge in [-0.05, 0) is 53.8 Å². The maximum absolute atomic E-state index is 13.7. The molecule has 2 amide bonds. The second-order valence-electron chi connectivity index (χ2n) is 10.0. The summed E-state index contributed by atoms with van der Waals surface area (Å²) < 4.78 is 5.15. The quantitative estimate of drug-likeness (QED) is 0.462. The van der Waals surface area contributed by atoms with E-state index in [0.29, 0.717) is 53.7 Å². The molecule has 0 radical (unpaired) electrons. The zero-order valence-electron chi connectivity index (χ0n) is 21.1. The van der Waals surface area contributed by atoms with E-state index in [2.05, 4.69) is 18.7 Å². The second-order valence-corrected chi connectivity index (χ2v) is 11.3. The molecular weight excluding hydrogens is 535 g/mol. The van der Waals surface area contributed by atoms with E-state index in [9.17, 15) is 9.59 Å². The SMILES string of the molecule is CC(C)CC(N)c1cc(Cl)ccc1N1CCN(C(=O)C(Cc2ccc(Cl)cc2Cl)N2CCOC2=O)CC1. The number of benzene rings is 2. The molecule has 2 heterocycles. The number of nitrogens with zero attached hydrogens (tertiary/aromatic N) is 3. The molecule has 2 fully saturated rings. The first-order valence-electron chi connectivity index (χ1n) is 12.6. The number of carbonyl (C=O) groups is 2. The van der Waals surface area contributed by atoms with Gasteiger partial charge in [0.05, 0.1) is 6.54 Å². The van der Waals surface area contributed by atoms with Crippen LogP contribution >= 0.6 is 34.8 Å². The van der Waals surface area contributed by atoms with Crippen molar-refractivity contribution in [2.24, 2.45) is 11.7 Å². The lowest BCUT2D eigenvalue weighted by molar-refractivity contribution is -0.136. The highest BCUT2D eigenvalue weighted by Gasteiger charge is 2.38. The standard InChI is InChI=1S/C27H33Cl3N4O3/c1-17(2)13-23(31)21-15-19(28)5-6-24(21)32-7-9-33(10-8-32)26(35)25(34-11-12-37-27(34)36)14-18-3-4-20(29)16-22(18)30/h3-6,15-17,23,25H,7-14,31H2,1-2H3. The van der Waals surface area contributed by atoms with Crippen molar-refractivity contribution < 1.29 is 14.3 Å². The Kier molecular flexibility index (Phi) is 9.11. The number of rotatable bonds is 8. The zero-order chi connectivity index (χ0) is 26.7. The van der Waals surface area contributed by atoms with Gasteiger partial charge in [0, 0.05) is 59.4 Å². The van der Waals surface area contributed by atoms with Crippen LogP contribution < -0.4 is 10.6 Å². The Balaban J connectivity index is 1.50. The van der Waals surface area contributed by atoms with Crippen LogP contribution in [-0.4, -0.2) is 67.2 Å². The van der Waals surface area contributed by atoms with Gasteiger partial charge in [0.1, 0.15) is 12.6 Å². The fourth-order valence-electron chi connectivity index (χ4n) is 5.04.